The van der Waals surface area contributed by atoms with E-state index >= 15 is 0 Å². The molecule has 0 aliphatic carbocycles. The highest BCUT2D eigenvalue weighted by Gasteiger charge is 2.15. The maximum Gasteiger partial charge on any atom is 0.209 e. The topological polar surface area (TPSA) is 78.6 Å². The molecule has 1 heterocycles. The highest BCUT2D eigenvalue weighted by atomic mass is 32.2. The van der Waals surface area contributed by atoms with Gasteiger partial charge in [-0.05, 0) is 25.2 Å². The van der Waals surface area contributed by atoms with E-state index in [-0.39, 0.29) is 17.8 Å². The van der Waals surface area contributed by atoms with Gasteiger partial charge in [0.25, 0.3) is 0 Å². The van der Waals surface area contributed by atoms with Crippen molar-refractivity contribution >= 4 is 10.0 Å². The molecule has 1 fully saturated rings. The molecule has 1 rings (SSSR count). The summed E-state index contributed by atoms with van der Waals surface area (Å²) in [4.78, 5) is 0. The Morgan fingerprint density at radius 2 is 2.25 bits per heavy atom. The minimum Gasteiger partial charge on any atom is -0.378 e. The van der Waals surface area contributed by atoms with Gasteiger partial charge in [-0.2, -0.15) is 0 Å². The summed E-state index contributed by atoms with van der Waals surface area (Å²) in [6.45, 7) is 3.58. The number of ether oxygens (including phenoxy) is 2. The quantitative estimate of drug-likeness (QED) is 0.745. The standard InChI is InChI=1S/C10H21NO4S/c1-9(8-16(11,12)13)6-14-7-10-4-2-3-5-15-10/h9-10H,2-8H2,1H3,(H2,11,12,13). The molecule has 0 spiro atoms. The van der Waals surface area contributed by atoms with Gasteiger partial charge < -0.3 is 9.47 Å². The molecule has 0 aromatic carbocycles. The summed E-state index contributed by atoms with van der Waals surface area (Å²) in [7, 11) is -3.39. The van der Waals surface area contributed by atoms with Crippen molar-refractivity contribution in [3.63, 3.8) is 0 Å². The summed E-state index contributed by atoms with van der Waals surface area (Å²) in [6, 6.07) is 0. The molecule has 0 aromatic rings. The molecule has 2 N–H and O–H groups in total. The van der Waals surface area contributed by atoms with Crippen LogP contribution in [0.5, 0.6) is 0 Å². The monoisotopic (exact) mass is 251 g/mol. The summed E-state index contributed by atoms with van der Waals surface area (Å²) in [5, 5.41) is 4.94. The SMILES string of the molecule is CC(COCC1CCCCO1)CS(N)(=O)=O. The lowest BCUT2D eigenvalue weighted by Gasteiger charge is -2.23. The predicted molar refractivity (Wildman–Crippen MR) is 61.5 cm³/mol. The van der Waals surface area contributed by atoms with Crippen molar-refractivity contribution < 1.29 is 17.9 Å². The maximum absolute atomic E-state index is 10.8. The molecule has 5 nitrogen and oxygen atoms in total. The Hall–Kier alpha value is -0.170. The average molecular weight is 251 g/mol. The van der Waals surface area contributed by atoms with Gasteiger partial charge in [-0.25, -0.2) is 13.6 Å². The third kappa shape index (κ3) is 6.42. The highest BCUT2D eigenvalue weighted by Crippen LogP contribution is 2.13. The Kier molecular flexibility index (Phi) is 5.68. The van der Waals surface area contributed by atoms with Gasteiger partial charge in [0, 0.05) is 6.61 Å². The van der Waals surface area contributed by atoms with Crippen molar-refractivity contribution in [1.29, 1.82) is 0 Å². The van der Waals surface area contributed by atoms with Crippen LogP contribution in [0.4, 0.5) is 0 Å². The lowest BCUT2D eigenvalue weighted by molar-refractivity contribution is -0.0448. The van der Waals surface area contributed by atoms with Gasteiger partial charge in [-0.15, -0.1) is 0 Å². The molecule has 0 saturated carbocycles. The lowest BCUT2D eigenvalue weighted by Crippen LogP contribution is -2.28. The van der Waals surface area contributed by atoms with Crippen molar-refractivity contribution in [2.75, 3.05) is 25.6 Å². The van der Waals surface area contributed by atoms with E-state index < -0.39 is 10.0 Å². The first kappa shape index (κ1) is 13.9. The Labute approximate surface area is 97.3 Å². The van der Waals surface area contributed by atoms with E-state index in [0.29, 0.717) is 13.2 Å². The summed E-state index contributed by atoms with van der Waals surface area (Å²) in [6.07, 6.45) is 3.51. The fourth-order valence-electron chi connectivity index (χ4n) is 1.78. The summed E-state index contributed by atoms with van der Waals surface area (Å²) >= 11 is 0. The van der Waals surface area contributed by atoms with Crippen LogP contribution in [-0.4, -0.2) is 40.1 Å². The van der Waals surface area contributed by atoms with Crippen molar-refractivity contribution in [3.05, 3.63) is 0 Å². The third-order valence-corrected chi connectivity index (χ3v) is 3.53. The second-order valence-corrected chi connectivity index (χ2v) is 6.12. The maximum atomic E-state index is 10.8. The second kappa shape index (κ2) is 6.54. The number of nitrogens with two attached hydrogens (primary N) is 1. The number of sulfonamides is 1. The molecule has 0 amide bonds. The van der Waals surface area contributed by atoms with Crippen LogP contribution in [0.1, 0.15) is 26.2 Å². The first-order chi connectivity index (χ1) is 7.47. The molecular formula is C10H21NO4S. The molecule has 0 aromatic heterocycles. The number of rotatable bonds is 6. The Bertz CT molecular complexity index is 285. The Morgan fingerprint density at radius 1 is 1.50 bits per heavy atom. The van der Waals surface area contributed by atoms with Gasteiger partial charge in [0.15, 0.2) is 0 Å². The largest absolute Gasteiger partial charge is 0.378 e. The molecule has 1 aliphatic heterocycles. The minimum atomic E-state index is -3.39. The zero-order chi connectivity index (χ0) is 12.0. The van der Waals surface area contributed by atoms with Crippen LogP contribution in [0.15, 0.2) is 0 Å². The van der Waals surface area contributed by atoms with E-state index in [1.807, 2.05) is 6.92 Å². The van der Waals surface area contributed by atoms with Gasteiger partial charge in [0.05, 0.1) is 25.1 Å². The minimum absolute atomic E-state index is 0.0292. The van der Waals surface area contributed by atoms with Gasteiger partial charge in [-0.3, -0.25) is 0 Å². The van der Waals surface area contributed by atoms with E-state index in [0.717, 1.165) is 19.4 Å². The van der Waals surface area contributed by atoms with Crippen molar-refractivity contribution in [2.24, 2.45) is 11.1 Å². The first-order valence-corrected chi connectivity index (χ1v) is 7.39. The van der Waals surface area contributed by atoms with Crippen LogP contribution in [0.25, 0.3) is 0 Å². The molecular weight excluding hydrogens is 230 g/mol. The smallest absolute Gasteiger partial charge is 0.209 e. The molecule has 1 aliphatic rings. The van der Waals surface area contributed by atoms with Crippen LogP contribution in [0.3, 0.4) is 0 Å². The van der Waals surface area contributed by atoms with E-state index in [9.17, 15) is 8.42 Å². The van der Waals surface area contributed by atoms with Crippen molar-refractivity contribution in [3.8, 4) is 0 Å². The van der Waals surface area contributed by atoms with Crippen LogP contribution in [0.2, 0.25) is 0 Å². The predicted octanol–water partition coefficient (Wildman–Crippen LogP) is 0.497. The Balaban J connectivity index is 2.10. The van der Waals surface area contributed by atoms with E-state index in [1.165, 1.54) is 6.42 Å². The van der Waals surface area contributed by atoms with Gasteiger partial charge >= 0.3 is 0 Å². The summed E-state index contributed by atoms with van der Waals surface area (Å²) in [5.41, 5.74) is 0. The van der Waals surface area contributed by atoms with Crippen LogP contribution < -0.4 is 5.14 Å². The van der Waals surface area contributed by atoms with Crippen LogP contribution in [-0.2, 0) is 19.5 Å². The molecule has 2 atom stereocenters. The number of hydrogen-bond donors (Lipinski definition) is 1. The molecule has 1 saturated heterocycles. The summed E-state index contributed by atoms with van der Waals surface area (Å²) < 4.78 is 32.5. The van der Waals surface area contributed by atoms with Gasteiger partial charge in [-0.1, -0.05) is 6.92 Å². The molecule has 6 heteroatoms. The van der Waals surface area contributed by atoms with Crippen molar-refractivity contribution in [2.45, 2.75) is 32.3 Å². The zero-order valence-electron chi connectivity index (χ0n) is 9.72. The van der Waals surface area contributed by atoms with Crippen LogP contribution >= 0.6 is 0 Å². The van der Waals surface area contributed by atoms with Gasteiger partial charge in [0.1, 0.15) is 0 Å². The zero-order valence-corrected chi connectivity index (χ0v) is 10.5. The van der Waals surface area contributed by atoms with Crippen LogP contribution in [0, 0.1) is 5.92 Å². The van der Waals surface area contributed by atoms with E-state index in [4.69, 9.17) is 14.6 Å². The molecule has 2 unspecified atom stereocenters. The fraction of sp³-hybridized carbons (Fsp3) is 1.00. The highest BCUT2D eigenvalue weighted by molar-refractivity contribution is 7.89. The molecule has 0 bridgehead atoms. The number of primary sulfonamides is 1. The van der Waals surface area contributed by atoms with Gasteiger partial charge in [0.2, 0.25) is 10.0 Å². The second-order valence-electron chi connectivity index (χ2n) is 4.46. The van der Waals surface area contributed by atoms with Crippen molar-refractivity contribution in [1.82, 2.24) is 0 Å². The van der Waals surface area contributed by atoms with E-state index in [1.54, 1.807) is 0 Å². The molecule has 96 valence electrons. The van der Waals surface area contributed by atoms with E-state index in [2.05, 4.69) is 0 Å². The summed E-state index contributed by atoms with van der Waals surface area (Å²) in [5.74, 6) is -0.1000. The number of hydrogen-bond acceptors (Lipinski definition) is 4. The average Bonchev–Trinajstić information content (AvgIpc) is 2.16. The first-order valence-electron chi connectivity index (χ1n) is 5.67. The molecule has 0 radical (unpaired) electrons. The Morgan fingerprint density at radius 3 is 2.81 bits per heavy atom. The fourth-order valence-corrected chi connectivity index (χ4v) is 2.67. The normalized spacial score (nSPS) is 24.2. The molecule has 16 heavy (non-hydrogen) atoms. The lowest BCUT2D eigenvalue weighted by atomic mass is 10.1. The third-order valence-electron chi connectivity index (χ3n) is 2.50.